The molecule has 4 heterocycles. The van der Waals surface area contributed by atoms with Crippen LogP contribution in [0.5, 0.6) is 0 Å². The fourth-order valence-electron chi connectivity index (χ4n) is 3.76. The Labute approximate surface area is 181 Å². The Hall–Kier alpha value is -2.29. The number of carbonyl (C=O) groups excluding carboxylic acids is 1. The van der Waals surface area contributed by atoms with Gasteiger partial charge in [-0.15, -0.1) is 0 Å². The molecule has 0 aliphatic carbocycles. The highest BCUT2D eigenvalue weighted by Gasteiger charge is 2.29. The average Bonchev–Trinajstić information content (AvgIpc) is 3.33. The molecule has 160 valence electrons. The quantitative estimate of drug-likeness (QED) is 0.652. The summed E-state index contributed by atoms with van der Waals surface area (Å²) in [5.74, 6) is 1.01. The number of ether oxygens (including phenoxy) is 1. The van der Waals surface area contributed by atoms with Gasteiger partial charge in [0.15, 0.2) is 5.01 Å². The minimum atomic E-state index is -0.136. The fraction of sp³-hybridized carbons (Fsp3) is 0.500. The van der Waals surface area contributed by atoms with Gasteiger partial charge in [-0.2, -0.15) is 0 Å². The largest absolute Gasteiger partial charge is 0.379 e. The van der Waals surface area contributed by atoms with Crippen LogP contribution in [0.1, 0.15) is 49.0 Å². The van der Waals surface area contributed by atoms with E-state index in [2.05, 4.69) is 49.1 Å². The predicted octanol–water partition coefficient (Wildman–Crippen LogP) is 3.45. The zero-order chi connectivity index (χ0) is 21.3. The third-order valence-corrected chi connectivity index (χ3v) is 6.68. The highest BCUT2D eigenvalue weighted by atomic mass is 32.1. The number of carbonyl (C=O) groups is 1. The molecule has 0 aromatic carbocycles. The normalized spacial score (nSPS) is 15.8. The first-order valence-electron chi connectivity index (χ1n) is 10.4. The van der Waals surface area contributed by atoms with Gasteiger partial charge in [0.1, 0.15) is 16.2 Å². The molecule has 8 heteroatoms. The van der Waals surface area contributed by atoms with Crippen LogP contribution >= 0.6 is 11.3 Å². The number of nitrogens with one attached hydrogen (secondary N) is 1. The third-order valence-electron chi connectivity index (χ3n) is 5.63. The van der Waals surface area contributed by atoms with Crippen LogP contribution in [0.25, 0.3) is 16.2 Å². The molecule has 7 nitrogen and oxygen atoms in total. The summed E-state index contributed by atoms with van der Waals surface area (Å²) in [4.78, 5) is 25.4. The molecule has 30 heavy (non-hydrogen) atoms. The van der Waals surface area contributed by atoms with Crippen molar-refractivity contribution in [3.05, 3.63) is 41.2 Å². The van der Waals surface area contributed by atoms with E-state index in [9.17, 15) is 4.79 Å². The van der Waals surface area contributed by atoms with Gasteiger partial charge in [-0.25, -0.2) is 9.97 Å². The van der Waals surface area contributed by atoms with Crippen molar-refractivity contribution in [3.8, 4) is 5.82 Å². The highest BCUT2D eigenvalue weighted by Crippen LogP contribution is 2.33. The Morgan fingerprint density at radius 2 is 2.07 bits per heavy atom. The van der Waals surface area contributed by atoms with Crippen LogP contribution in [-0.2, 0) is 4.74 Å². The molecule has 0 bridgehead atoms. The van der Waals surface area contributed by atoms with E-state index >= 15 is 0 Å². The van der Waals surface area contributed by atoms with Gasteiger partial charge in [0.05, 0.1) is 13.2 Å². The minimum Gasteiger partial charge on any atom is -0.379 e. The Balaban J connectivity index is 1.57. The second-order valence-electron chi connectivity index (χ2n) is 8.56. The Morgan fingerprint density at radius 1 is 1.30 bits per heavy atom. The molecule has 3 aromatic heterocycles. The van der Waals surface area contributed by atoms with Gasteiger partial charge in [-0.1, -0.05) is 31.3 Å². The number of fused-ring (bicyclic) bond motifs is 1. The molecular weight excluding hydrogens is 398 g/mol. The molecule has 0 spiro atoms. The highest BCUT2D eigenvalue weighted by molar-refractivity contribution is 7.20. The molecule has 1 aliphatic rings. The SMILES string of the molecule is CC(C)c1cn(-c2ccccn2)c2sc(C(=O)NCC(C)(C)N3CCOCC3)nc12. The maximum atomic E-state index is 12.9. The summed E-state index contributed by atoms with van der Waals surface area (Å²) >= 11 is 1.42. The Morgan fingerprint density at radius 3 is 2.73 bits per heavy atom. The van der Waals surface area contributed by atoms with E-state index in [0.717, 1.165) is 48.0 Å². The lowest BCUT2D eigenvalue weighted by molar-refractivity contribution is -0.00923. The van der Waals surface area contributed by atoms with Crippen molar-refractivity contribution >= 4 is 27.6 Å². The second-order valence-corrected chi connectivity index (χ2v) is 9.54. The maximum absolute atomic E-state index is 12.9. The summed E-state index contributed by atoms with van der Waals surface area (Å²) in [5, 5.41) is 3.59. The first-order chi connectivity index (χ1) is 14.4. The summed E-state index contributed by atoms with van der Waals surface area (Å²) < 4.78 is 7.49. The van der Waals surface area contributed by atoms with Crippen LogP contribution < -0.4 is 5.32 Å². The molecular formula is C22H29N5O2S. The fourth-order valence-corrected chi connectivity index (χ4v) is 4.75. The molecule has 0 saturated carbocycles. The van der Waals surface area contributed by atoms with Crippen LogP contribution in [0, 0.1) is 0 Å². The molecule has 1 N–H and O–H groups in total. The van der Waals surface area contributed by atoms with E-state index in [-0.39, 0.29) is 11.4 Å². The lowest BCUT2D eigenvalue weighted by Gasteiger charge is -2.40. The summed E-state index contributed by atoms with van der Waals surface area (Å²) in [7, 11) is 0. The summed E-state index contributed by atoms with van der Waals surface area (Å²) in [5.41, 5.74) is 1.88. The van der Waals surface area contributed by atoms with Gasteiger partial charge in [0, 0.05) is 43.1 Å². The zero-order valence-corrected chi connectivity index (χ0v) is 18.8. The zero-order valence-electron chi connectivity index (χ0n) is 18.0. The van der Waals surface area contributed by atoms with E-state index in [1.807, 2.05) is 22.8 Å². The van der Waals surface area contributed by atoms with Crippen molar-refractivity contribution in [2.24, 2.45) is 0 Å². The lowest BCUT2D eigenvalue weighted by Crippen LogP contribution is -2.55. The van der Waals surface area contributed by atoms with Crippen molar-refractivity contribution in [2.75, 3.05) is 32.8 Å². The number of nitrogens with zero attached hydrogens (tertiary/aromatic N) is 4. The van der Waals surface area contributed by atoms with E-state index in [1.54, 1.807) is 6.20 Å². The number of thiazole rings is 1. The topological polar surface area (TPSA) is 72.3 Å². The molecule has 1 aliphatic heterocycles. The molecule has 0 atom stereocenters. The lowest BCUT2D eigenvalue weighted by atomic mass is 10.0. The van der Waals surface area contributed by atoms with Crippen LogP contribution in [0.2, 0.25) is 0 Å². The van der Waals surface area contributed by atoms with Crippen LogP contribution in [0.4, 0.5) is 0 Å². The van der Waals surface area contributed by atoms with Crippen molar-refractivity contribution < 1.29 is 9.53 Å². The molecule has 0 unspecified atom stereocenters. The summed E-state index contributed by atoms with van der Waals surface area (Å²) in [6, 6.07) is 5.83. The first kappa shape index (κ1) is 21.0. The molecule has 4 rings (SSSR count). The second kappa shape index (κ2) is 8.45. The number of hydrogen-bond acceptors (Lipinski definition) is 6. The van der Waals surface area contributed by atoms with E-state index < -0.39 is 0 Å². The standard InChI is InChI=1S/C22H29N5O2S/c1-15(2)16-13-27(17-7-5-6-8-23-17)21-18(16)25-20(30-21)19(28)24-14-22(3,4)26-9-11-29-12-10-26/h5-8,13,15H,9-12,14H2,1-4H3,(H,24,28). The Bertz CT molecular complexity index is 1020. The van der Waals surface area contributed by atoms with Crippen molar-refractivity contribution in [3.63, 3.8) is 0 Å². The number of pyridine rings is 1. The first-order valence-corrected chi connectivity index (χ1v) is 11.2. The average molecular weight is 428 g/mol. The maximum Gasteiger partial charge on any atom is 0.280 e. The monoisotopic (exact) mass is 427 g/mol. The van der Waals surface area contributed by atoms with Gasteiger partial charge < -0.3 is 10.1 Å². The number of morpholine rings is 1. The number of amides is 1. The van der Waals surface area contributed by atoms with Crippen molar-refractivity contribution in [2.45, 2.75) is 39.2 Å². The van der Waals surface area contributed by atoms with Crippen LogP contribution in [-0.4, -0.2) is 63.7 Å². The van der Waals surface area contributed by atoms with Gasteiger partial charge in [0.25, 0.3) is 5.91 Å². The van der Waals surface area contributed by atoms with Gasteiger partial charge in [0.2, 0.25) is 0 Å². The number of aromatic nitrogens is 3. The summed E-state index contributed by atoms with van der Waals surface area (Å²) in [6.45, 7) is 12.4. The van der Waals surface area contributed by atoms with Gasteiger partial charge in [-0.05, 0) is 31.9 Å². The van der Waals surface area contributed by atoms with Crippen molar-refractivity contribution in [1.29, 1.82) is 0 Å². The number of hydrogen-bond donors (Lipinski definition) is 1. The Kier molecular flexibility index (Phi) is 5.90. The minimum absolute atomic E-state index is 0.125. The molecule has 3 aromatic rings. The van der Waals surface area contributed by atoms with E-state index in [1.165, 1.54) is 11.3 Å². The van der Waals surface area contributed by atoms with Crippen LogP contribution in [0.15, 0.2) is 30.6 Å². The van der Waals surface area contributed by atoms with Crippen LogP contribution in [0.3, 0.4) is 0 Å². The molecule has 1 saturated heterocycles. The number of rotatable bonds is 6. The summed E-state index contributed by atoms with van der Waals surface area (Å²) in [6.07, 6.45) is 3.86. The van der Waals surface area contributed by atoms with Crippen molar-refractivity contribution in [1.82, 2.24) is 24.8 Å². The van der Waals surface area contributed by atoms with E-state index in [4.69, 9.17) is 9.72 Å². The predicted molar refractivity (Wildman–Crippen MR) is 120 cm³/mol. The molecule has 1 amide bonds. The molecule has 1 fully saturated rings. The van der Waals surface area contributed by atoms with Gasteiger partial charge >= 0.3 is 0 Å². The smallest absolute Gasteiger partial charge is 0.280 e. The third kappa shape index (κ3) is 4.12. The molecule has 0 radical (unpaired) electrons. The van der Waals surface area contributed by atoms with Gasteiger partial charge in [-0.3, -0.25) is 14.3 Å². The van der Waals surface area contributed by atoms with E-state index in [0.29, 0.717) is 17.5 Å².